The molecule has 2 aliphatic heterocycles. The predicted octanol–water partition coefficient (Wildman–Crippen LogP) is 3.08. The van der Waals surface area contributed by atoms with Crippen LogP contribution in [0.3, 0.4) is 0 Å². The Kier molecular flexibility index (Phi) is 5.55. The van der Waals surface area contributed by atoms with Crippen molar-refractivity contribution in [1.82, 2.24) is 9.80 Å². The Labute approximate surface area is 167 Å². The fourth-order valence-electron chi connectivity index (χ4n) is 3.86. The molecule has 2 heterocycles. The Morgan fingerprint density at radius 1 is 1.14 bits per heavy atom. The number of piperidine rings is 1. The summed E-state index contributed by atoms with van der Waals surface area (Å²) in [6, 6.07) is 1.01. The van der Waals surface area contributed by atoms with Gasteiger partial charge in [0.2, 0.25) is 0 Å². The average molecular weight is 414 g/mol. The monoisotopic (exact) mass is 414 g/mol. The maximum atomic E-state index is 13.9. The molecule has 0 spiro atoms. The third-order valence-electron chi connectivity index (χ3n) is 5.23. The van der Waals surface area contributed by atoms with Gasteiger partial charge in [-0.15, -0.1) is 0 Å². The van der Waals surface area contributed by atoms with Crippen LogP contribution in [0.5, 0.6) is 0 Å². The number of hydrogen-bond donors (Lipinski definition) is 1. The Balaban J connectivity index is 1.72. The molecule has 29 heavy (non-hydrogen) atoms. The number of hydrogen-bond acceptors (Lipinski definition) is 4. The largest absolute Gasteiger partial charge is 0.444 e. The number of likely N-dealkylation sites (tertiary alicyclic amines) is 2. The molecule has 0 bridgehead atoms. The van der Waals surface area contributed by atoms with E-state index in [1.54, 1.807) is 20.8 Å². The predicted molar refractivity (Wildman–Crippen MR) is 97.7 cm³/mol. The van der Waals surface area contributed by atoms with Gasteiger partial charge in [0.05, 0.1) is 24.7 Å². The Morgan fingerprint density at radius 2 is 1.79 bits per heavy atom. The lowest BCUT2D eigenvalue weighted by Crippen LogP contribution is -2.73. The summed E-state index contributed by atoms with van der Waals surface area (Å²) >= 11 is 0. The van der Waals surface area contributed by atoms with Gasteiger partial charge in [0, 0.05) is 6.54 Å². The molecular formula is C20H25F3N2O4. The molecule has 9 heteroatoms. The van der Waals surface area contributed by atoms with E-state index in [1.165, 1.54) is 4.90 Å². The molecule has 2 saturated heterocycles. The lowest BCUT2D eigenvalue weighted by atomic mass is 9.80. The van der Waals surface area contributed by atoms with Crippen molar-refractivity contribution in [2.75, 3.05) is 19.6 Å². The molecule has 2 aliphatic rings. The maximum absolute atomic E-state index is 13.9. The van der Waals surface area contributed by atoms with E-state index in [4.69, 9.17) is 4.74 Å². The number of β-amino-alcohol motifs (C(OH)–C–C–N with tert-alkyl or cyclic N) is 1. The first-order chi connectivity index (χ1) is 13.4. The van der Waals surface area contributed by atoms with Crippen molar-refractivity contribution in [3.63, 3.8) is 0 Å². The van der Waals surface area contributed by atoms with Gasteiger partial charge in [-0.05, 0) is 52.2 Å². The van der Waals surface area contributed by atoms with E-state index >= 15 is 0 Å². The smallest absolute Gasteiger partial charge is 0.410 e. The van der Waals surface area contributed by atoms with Crippen LogP contribution in [0.25, 0.3) is 0 Å². The minimum Gasteiger partial charge on any atom is -0.444 e. The van der Waals surface area contributed by atoms with Crippen LogP contribution in [0.15, 0.2) is 12.1 Å². The second-order valence-corrected chi connectivity index (χ2v) is 8.67. The van der Waals surface area contributed by atoms with E-state index in [0.717, 1.165) is 23.8 Å². The lowest BCUT2D eigenvalue weighted by molar-refractivity contribution is -0.137. The van der Waals surface area contributed by atoms with Crippen LogP contribution in [0.1, 0.15) is 50.4 Å². The Bertz CT molecular complexity index is 819. The number of benzene rings is 1. The zero-order chi connectivity index (χ0) is 21.6. The first-order valence-corrected chi connectivity index (χ1v) is 9.58. The summed E-state index contributed by atoms with van der Waals surface area (Å²) in [5, 5.41) is 11.0. The highest BCUT2D eigenvalue weighted by Crippen LogP contribution is 2.35. The van der Waals surface area contributed by atoms with E-state index in [2.05, 4.69) is 0 Å². The van der Waals surface area contributed by atoms with Crippen molar-refractivity contribution in [2.45, 2.75) is 57.3 Å². The van der Waals surface area contributed by atoms with Crippen LogP contribution in [0.2, 0.25) is 0 Å². The van der Waals surface area contributed by atoms with Crippen LogP contribution in [0.4, 0.5) is 18.0 Å². The molecule has 160 valence electrons. The second-order valence-electron chi connectivity index (χ2n) is 8.67. The summed E-state index contributed by atoms with van der Waals surface area (Å²) < 4.78 is 45.9. The number of ether oxygens (including phenoxy) is 1. The summed E-state index contributed by atoms with van der Waals surface area (Å²) in [7, 11) is 0. The highest BCUT2D eigenvalue weighted by molar-refractivity contribution is 5.95. The minimum atomic E-state index is -1.71. The van der Waals surface area contributed by atoms with E-state index in [9.17, 15) is 27.9 Å². The minimum absolute atomic E-state index is 0.145. The molecule has 1 aromatic rings. The number of halogens is 3. The fraction of sp³-hybridized carbons (Fsp3) is 0.600. The molecule has 1 aromatic carbocycles. The van der Waals surface area contributed by atoms with Gasteiger partial charge < -0.3 is 19.6 Å². The molecule has 0 saturated carbocycles. The van der Waals surface area contributed by atoms with E-state index in [1.807, 2.05) is 0 Å². The normalized spacial score (nSPS) is 21.6. The van der Waals surface area contributed by atoms with Crippen molar-refractivity contribution in [3.8, 4) is 0 Å². The van der Waals surface area contributed by atoms with Crippen LogP contribution < -0.4 is 0 Å². The van der Waals surface area contributed by atoms with Crippen molar-refractivity contribution in [1.29, 1.82) is 0 Å². The number of amides is 2. The molecule has 3 rings (SSSR count). The van der Waals surface area contributed by atoms with Gasteiger partial charge in [-0.2, -0.15) is 0 Å². The molecule has 1 atom stereocenters. The zero-order valence-electron chi connectivity index (χ0n) is 16.7. The van der Waals surface area contributed by atoms with Crippen LogP contribution in [-0.4, -0.2) is 63.8 Å². The summed E-state index contributed by atoms with van der Waals surface area (Å²) in [4.78, 5) is 27.6. The quantitative estimate of drug-likeness (QED) is 0.756. The van der Waals surface area contributed by atoms with Gasteiger partial charge in [0.1, 0.15) is 11.2 Å². The molecule has 0 aromatic heterocycles. The maximum Gasteiger partial charge on any atom is 0.410 e. The van der Waals surface area contributed by atoms with Gasteiger partial charge in [0.25, 0.3) is 5.91 Å². The van der Waals surface area contributed by atoms with Crippen molar-refractivity contribution in [3.05, 3.63) is 35.1 Å². The molecule has 1 N–H and O–H groups in total. The van der Waals surface area contributed by atoms with E-state index in [0.29, 0.717) is 19.0 Å². The summed E-state index contributed by atoms with van der Waals surface area (Å²) in [5.41, 5.74) is -2.66. The molecule has 2 amide bonds. The summed E-state index contributed by atoms with van der Waals surface area (Å²) in [5.74, 6) is -5.49. The standard InChI is InChI=1S/C20H25F3N2O4/c1-19(2,3)29-18(27)25-9-5-4-6-14(25)20(28)10-24(11-20)17(26)12-7-8-13(21)16(23)15(12)22/h7-8,14,28H,4-6,9-11H2,1-3H3/t14-/m0/s1. The Morgan fingerprint density at radius 3 is 2.41 bits per heavy atom. The number of carbonyl (C=O) groups excluding carboxylic acids is 2. The lowest BCUT2D eigenvalue weighted by Gasteiger charge is -2.54. The fourth-order valence-corrected chi connectivity index (χ4v) is 3.86. The van der Waals surface area contributed by atoms with Crippen LogP contribution in [0, 0.1) is 17.5 Å². The average Bonchev–Trinajstić information content (AvgIpc) is 2.62. The third-order valence-corrected chi connectivity index (χ3v) is 5.23. The topological polar surface area (TPSA) is 70.1 Å². The van der Waals surface area contributed by atoms with Gasteiger partial charge in [-0.25, -0.2) is 18.0 Å². The Hall–Kier alpha value is -2.29. The van der Waals surface area contributed by atoms with Gasteiger partial charge in [-0.3, -0.25) is 4.79 Å². The third kappa shape index (κ3) is 4.19. The SMILES string of the molecule is CC(C)(C)OC(=O)N1CCCC[C@H]1C1(O)CN(C(=O)c2ccc(F)c(F)c2F)C1. The van der Waals surface area contributed by atoms with Crippen molar-refractivity contribution >= 4 is 12.0 Å². The van der Waals surface area contributed by atoms with Crippen LogP contribution >= 0.6 is 0 Å². The van der Waals surface area contributed by atoms with Gasteiger partial charge in [-0.1, -0.05) is 0 Å². The summed E-state index contributed by atoms with van der Waals surface area (Å²) in [6.45, 7) is 5.38. The van der Waals surface area contributed by atoms with Gasteiger partial charge in [0.15, 0.2) is 17.5 Å². The van der Waals surface area contributed by atoms with Crippen molar-refractivity contribution in [2.24, 2.45) is 0 Å². The van der Waals surface area contributed by atoms with E-state index in [-0.39, 0.29) is 13.1 Å². The number of nitrogens with zero attached hydrogens (tertiary/aromatic N) is 2. The first-order valence-electron chi connectivity index (χ1n) is 9.58. The highest BCUT2D eigenvalue weighted by atomic mass is 19.2. The summed E-state index contributed by atoms with van der Waals surface area (Å²) in [6.07, 6.45) is 1.58. The number of carbonyl (C=O) groups is 2. The zero-order valence-corrected chi connectivity index (χ0v) is 16.7. The second kappa shape index (κ2) is 7.51. The molecule has 0 aliphatic carbocycles. The van der Waals surface area contributed by atoms with E-state index < -0.39 is 52.3 Å². The first kappa shape index (κ1) is 21.4. The molecule has 2 fully saturated rings. The molecular weight excluding hydrogens is 389 g/mol. The molecule has 0 radical (unpaired) electrons. The van der Waals surface area contributed by atoms with Crippen LogP contribution in [-0.2, 0) is 4.74 Å². The molecule has 0 unspecified atom stereocenters. The highest BCUT2D eigenvalue weighted by Gasteiger charge is 2.53. The van der Waals surface area contributed by atoms with Gasteiger partial charge >= 0.3 is 6.09 Å². The van der Waals surface area contributed by atoms with Crippen molar-refractivity contribution < 1.29 is 32.6 Å². The molecule has 6 nitrogen and oxygen atoms in total. The number of aliphatic hydroxyl groups is 1. The number of rotatable bonds is 2.